The number of carboxylic acids is 1. The number of aromatic amines is 1. The fourth-order valence-electron chi connectivity index (χ4n) is 1.58. The summed E-state index contributed by atoms with van der Waals surface area (Å²) < 4.78 is 0. The quantitative estimate of drug-likeness (QED) is 0.282. The summed E-state index contributed by atoms with van der Waals surface area (Å²) in [7, 11) is 0. The molecule has 1 heterocycles. The summed E-state index contributed by atoms with van der Waals surface area (Å²) in [5.74, 6) is -2.80. The maximum atomic E-state index is 11.7. The van der Waals surface area contributed by atoms with Gasteiger partial charge in [-0.25, -0.2) is 4.79 Å². The minimum atomic E-state index is -1.51. The van der Waals surface area contributed by atoms with E-state index < -0.39 is 29.8 Å². The molecule has 9 nitrogen and oxygen atoms in total. The molecule has 0 aliphatic rings. The second kappa shape index (κ2) is 7.73. The SMILES string of the molecule is [N-]=[N+]=CC(=O)CCC(NC(=O)C(O)c1cc[nH]c1)C(=O)O. The zero-order chi connectivity index (χ0) is 15.8. The first-order valence-corrected chi connectivity index (χ1v) is 6.00. The van der Waals surface area contributed by atoms with Crippen LogP contribution in [0.25, 0.3) is 5.53 Å². The van der Waals surface area contributed by atoms with Crippen molar-refractivity contribution in [3.05, 3.63) is 29.6 Å². The number of aliphatic hydroxyl groups excluding tert-OH is 1. The molecule has 0 fully saturated rings. The number of aromatic nitrogens is 1. The van der Waals surface area contributed by atoms with E-state index in [9.17, 15) is 19.5 Å². The van der Waals surface area contributed by atoms with Gasteiger partial charge < -0.3 is 26.0 Å². The lowest BCUT2D eigenvalue weighted by molar-refractivity contribution is -0.143. The molecule has 21 heavy (non-hydrogen) atoms. The molecule has 0 aliphatic heterocycles. The van der Waals surface area contributed by atoms with Crippen molar-refractivity contribution in [1.82, 2.24) is 10.3 Å². The smallest absolute Gasteiger partial charge is 0.326 e. The Morgan fingerprint density at radius 1 is 1.48 bits per heavy atom. The minimum Gasteiger partial charge on any atom is -0.480 e. The average molecular weight is 294 g/mol. The molecule has 0 saturated heterocycles. The van der Waals surface area contributed by atoms with Gasteiger partial charge in [-0.2, -0.15) is 4.79 Å². The Morgan fingerprint density at radius 3 is 2.71 bits per heavy atom. The molecule has 9 heteroatoms. The van der Waals surface area contributed by atoms with Crippen molar-refractivity contribution >= 4 is 23.9 Å². The fourth-order valence-corrected chi connectivity index (χ4v) is 1.58. The molecular formula is C12H14N4O5. The number of ketones is 1. The number of Topliss-reactive ketones (excluding diaryl/α,β-unsaturated/α-hetero) is 1. The summed E-state index contributed by atoms with van der Waals surface area (Å²) in [4.78, 5) is 39.0. The molecule has 112 valence electrons. The van der Waals surface area contributed by atoms with E-state index in [1.54, 1.807) is 0 Å². The van der Waals surface area contributed by atoms with Crippen LogP contribution in [0, 0.1) is 0 Å². The maximum Gasteiger partial charge on any atom is 0.326 e. The average Bonchev–Trinajstić information content (AvgIpc) is 2.96. The molecule has 1 amide bonds. The van der Waals surface area contributed by atoms with Crippen LogP contribution in [-0.4, -0.2) is 49.9 Å². The predicted molar refractivity (Wildman–Crippen MR) is 69.2 cm³/mol. The predicted octanol–water partition coefficient (Wildman–Crippen LogP) is -0.733. The van der Waals surface area contributed by atoms with Gasteiger partial charge in [-0.15, -0.1) is 0 Å². The lowest BCUT2D eigenvalue weighted by Crippen LogP contribution is -2.43. The van der Waals surface area contributed by atoms with Gasteiger partial charge in [0, 0.05) is 24.4 Å². The highest BCUT2D eigenvalue weighted by atomic mass is 16.4. The van der Waals surface area contributed by atoms with Gasteiger partial charge in [0.1, 0.15) is 6.04 Å². The van der Waals surface area contributed by atoms with Crippen molar-refractivity contribution in [2.75, 3.05) is 0 Å². The van der Waals surface area contributed by atoms with Gasteiger partial charge in [0.15, 0.2) is 6.10 Å². The van der Waals surface area contributed by atoms with E-state index in [0.717, 1.165) is 0 Å². The van der Waals surface area contributed by atoms with Crippen LogP contribution in [-0.2, 0) is 14.4 Å². The molecule has 0 bridgehead atoms. The van der Waals surface area contributed by atoms with Crippen LogP contribution < -0.4 is 5.32 Å². The zero-order valence-corrected chi connectivity index (χ0v) is 10.9. The second-order valence-electron chi connectivity index (χ2n) is 4.20. The number of carbonyl (C=O) groups is 3. The Kier molecular flexibility index (Phi) is 5.99. The van der Waals surface area contributed by atoms with Crippen molar-refractivity contribution in [1.29, 1.82) is 0 Å². The Balaban J connectivity index is 2.61. The molecule has 1 aromatic heterocycles. The van der Waals surface area contributed by atoms with Crippen molar-refractivity contribution in [2.24, 2.45) is 0 Å². The molecule has 0 aliphatic carbocycles. The number of rotatable bonds is 8. The summed E-state index contributed by atoms with van der Waals surface area (Å²) in [6, 6.07) is 0.142. The van der Waals surface area contributed by atoms with Crippen molar-refractivity contribution in [3.63, 3.8) is 0 Å². The van der Waals surface area contributed by atoms with Gasteiger partial charge in [0.2, 0.25) is 5.78 Å². The lowest BCUT2D eigenvalue weighted by Gasteiger charge is -2.16. The highest BCUT2D eigenvalue weighted by Crippen LogP contribution is 2.12. The Labute approximate surface area is 119 Å². The highest BCUT2D eigenvalue weighted by Gasteiger charge is 2.25. The van der Waals surface area contributed by atoms with Gasteiger partial charge in [-0.3, -0.25) is 9.59 Å². The van der Waals surface area contributed by atoms with E-state index in [-0.39, 0.29) is 12.8 Å². The number of hydrogen-bond acceptors (Lipinski definition) is 4. The van der Waals surface area contributed by atoms with E-state index >= 15 is 0 Å². The number of nitrogens with zero attached hydrogens (tertiary/aromatic N) is 2. The maximum absolute atomic E-state index is 11.7. The van der Waals surface area contributed by atoms with E-state index in [4.69, 9.17) is 10.6 Å². The second-order valence-corrected chi connectivity index (χ2v) is 4.20. The monoisotopic (exact) mass is 294 g/mol. The van der Waals surface area contributed by atoms with Gasteiger partial charge in [0.25, 0.3) is 5.91 Å². The minimum absolute atomic E-state index is 0.189. The molecule has 0 saturated carbocycles. The zero-order valence-electron chi connectivity index (χ0n) is 10.9. The van der Waals surface area contributed by atoms with E-state index in [0.29, 0.717) is 11.8 Å². The summed E-state index contributed by atoms with van der Waals surface area (Å²) in [6.45, 7) is 0. The Morgan fingerprint density at radius 2 is 2.19 bits per heavy atom. The Bertz CT molecular complexity index is 562. The van der Waals surface area contributed by atoms with Gasteiger partial charge in [-0.05, 0) is 12.5 Å². The lowest BCUT2D eigenvalue weighted by atomic mass is 10.1. The van der Waals surface area contributed by atoms with Gasteiger partial charge in [0.05, 0.1) is 0 Å². The molecule has 2 atom stereocenters. The largest absolute Gasteiger partial charge is 0.480 e. The molecule has 4 N–H and O–H groups in total. The van der Waals surface area contributed by atoms with Gasteiger partial charge in [-0.1, -0.05) is 0 Å². The van der Waals surface area contributed by atoms with Crippen molar-refractivity contribution < 1.29 is 29.4 Å². The van der Waals surface area contributed by atoms with Crippen LogP contribution in [0.1, 0.15) is 24.5 Å². The highest BCUT2D eigenvalue weighted by molar-refractivity contribution is 6.25. The summed E-state index contributed by atoms with van der Waals surface area (Å²) in [5, 5.41) is 20.8. The number of amides is 1. The number of carbonyl (C=O) groups excluding carboxylic acids is 2. The molecule has 0 spiro atoms. The number of aliphatic hydroxyl groups is 1. The van der Waals surface area contributed by atoms with Crippen LogP contribution in [0.2, 0.25) is 0 Å². The number of aliphatic carboxylic acids is 1. The summed E-state index contributed by atoms with van der Waals surface area (Å²) >= 11 is 0. The van der Waals surface area contributed by atoms with Crippen molar-refractivity contribution in [2.45, 2.75) is 25.0 Å². The van der Waals surface area contributed by atoms with E-state index in [1.807, 2.05) is 0 Å². The molecule has 1 aromatic rings. The first kappa shape index (κ1) is 16.3. The Hall–Kier alpha value is -2.77. The molecule has 0 radical (unpaired) electrons. The number of H-pyrrole nitrogens is 1. The van der Waals surface area contributed by atoms with Crippen LogP contribution in [0.4, 0.5) is 0 Å². The van der Waals surface area contributed by atoms with Crippen LogP contribution in [0.5, 0.6) is 0 Å². The molecule has 1 rings (SSSR count). The molecule has 2 unspecified atom stereocenters. The van der Waals surface area contributed by atoms with Crippen molar-refractivity contribution in [3.8, 4) is 0 Å². The van der Waals surface area contributed by atoms with Crippen LogP contribution in [0.3, 0.4) is 0 Å². The standard InChI is InChI=1S/C12H14N4O5/c13-15-6-8(17)1-2-9(12(20)21)16-11(19)10(18)7-3-4-14-5-7/h3-6,9-10,14,18H,1-2H2,(H,16,19)(H,20,21). The number of hydrogen-bond donors (Lipinski definition) is 4. The van der Waals surface area contributed by atoms with E-state index in [2.05, 4.69) is 15.1 Å². The first-order valence-electron chi connectivity index (χ1n) is 6.00. The first-order chi connectivity index (χ1) is 9.95. The third-order valence-corrected chi connectivity index (χ3v) is 2.68. The number of carboxylic acid groups (broad SMARTS) is 1. The topological polar surface area (TPSA) is 156 Å². The summed E-state index contributed by atoms with van der Waals surface area (Å²) in [6.07, 6.45) is 1.64. The fraction of sp³-hybridized carbons (Fsp3) is 0.333. The van der Waals surface area contributed by atoms with Crippen LogP contribution in [0.15, 0.2) is 18.5 Å². The van der Waals surface area contributed by atoms with E-state index in [1.165, 1.54) is 18.5 Å². The molecule has 0 aromatic carbocycles. The summed E-state index contributed by atoms with van der Waals surface area (Å²) in [5.41, 5.74) is 8.45. The van der Waals surface area contributed by atoms with Crippen LogP contribution >= 0.6 is 0 Å². The third kappa shape index (κ3) is 5.01. The number of nitrogens with one attached hydrogen (secondary N) is 2. The third-order valence-electron chi connectivity index (χ3n) is 2.68. The van der Waals surface area contributed by atoms with Gasteiger partial charge >= 0.3 is 12.2 Å². The molecular weight excluding hydrogens is 280 g/mol. The normalized spacial score (nSPS) is 12.8.